The molecule has 1 N–H and O–H groups in total. The van der Waals surface area contributed by atoms with Crippen LogP contribution >= 0.6 is 11.6 Å². The molecule has 0 aliphatic rings. The van der Waals surface area contributed by atoms with Gasteiger partial charge in [0, 0.05) is 11.1 Å². The van der Waals surface area contributed by atoms with Gasteiger partial charge in [0.25, 0.3) is 5.91 Å². The van der Waals surface area contributed by atoms with E-state index in [-0.39, 0.29) is 0 Å². The Bertz CT molecular complexity index is 740. The fraction of sp³-hybridized carbons (Fsp3) is 0.375. The summed E-state index contributed by atoms with van der Waals surface area (Å²) in [6.45, 7) is 4.81. The average Bonchev–Trinajstić information content (AvgIpc) is 2.92. The van der Waals surface area contributed by atoms with Gasteiger partial charge in [0.05, 0.1) is 17.8 Å². The monoisotopic (exact) mass is 359 g/mol. The molecular weight excluding hydrogens is 343 g/mol. The topological polar surface area (TPSA) is 46.9 Å². The van der Waals surface area contributed by atoms with Gasteiger partial charge in [0.2, 0.25) is 0 Å². The molecule has 1 aromatic heterocycles. The maximum Gasteiger partial charge on any atom is 0.433 e. The smallest absolute Gasteiger partial charge is 0.345 e. The first-order chi connectivity index (χ1) is 11.1. The van der Waals surface area contributed by atoms with Crippen LogP contribution in [0.25, 0.3) is 0 Å². The molecule has 0 bridgehead atoms. The van der Waals surface area contributed by atoms with Crippen molar-refractivity contribution in [2.45, 2.75) is 39.0 Å². The molecule has 0 aliphatic carbocycles. The molecule has 4 nitrogen and oxygen atoms in total. The van der Waals surface area contributed by atoms with Gasteiger partial charge in [-0.15, -0.1) is 0 Å². The van der Waals surface area contributed by atoms with Crippen molar-refractivity contribution in [1.29, 1.82) is 0 Å². The van der Waals surface area contributed by atoms with Crippen molar-refractivity contribution in [3.63, 3.8) is 0 Å². The lowest BCUT2D eigenvalue weighted by Crippen LogP contribution is -2.29. The molecule has 24 heavy (non-hydrogen) atoms. The van der Waals surface area contributed by atoms with E-state index in [1.54, 1.807) is 45.0 Å². The maximum absolute atomic E-state index is 13.3. The zero-order chi connectivity index (χ0) is 18.1. The van der Waals surface area contributed by atoms with Gasteiger partial charge >= 0.3 is 6.18 Å². The van der Waals surface area contributed by atoms with Crippen molar-refractivity contribution in [2.75, 3.05) is 0 Å². The van der Waals surface area contributed by atoms with Crippen LogP contribution in [0.5, 0.6) is 0 Å². The van der Waals surface area contributed by atoms with Crippen LogP contribution in [0.2, 0.25) is 5.02 Å². The highest BCUT2D eigenvalue weighted by Crippen LogP contribution is 2.33. The first kappa shape index (κ1) is 18.3. The van der Waals surface area contributed by atoms with Crippen molar-refractivity contribution in [2.24, 2.45) is 0 Å². The van der Waals surface area contributed by atoms with E-state index in [1.807, 2.05) is 0 Å². The highest BCUT2D eigenvalue weighted by Gasteiger charge is 2.40. The number of hydrogen-bond acceptors (Lipinski definition) is 2. The van der Waals surface area contributed by atoms with Crippen LogP contribution < -0.4 is 5.32 Å². The lowest BCUT2D eigenvalue weighted by Gasteiger charge is -2.17. The zero-order valence-electron chi connectivity index (χ0n) is 13.4. The lowest BCUT2D eigenvalue weighted by atomic mass is 10.1. The highest BCUT2D eigenvalue weighted by atomic mass is 35.5. The number of halogens is 4. The Balaban J connectivity index is 2.30. The molecule has 130 valence electrons. The van der Waals surface area contributed by atoms with Gasteiger partial charge in [-0.25, -0.2) is 0 Å². The van der Waals surface area contributed by atoms with E-state index in [1.165, 1.54) is 0 Å². The van der Waals surface area contributed by atoms with Gasteiger partial charge in [-0.2, -0.15) is 18.3 Å². The number of nitrogens with zero attached hydrogens (tertiary/aromatic N) is 2. The molecule has 0 spiro atoms. The predicted octanol–water partition coefficient (Wildman–Crippen LogP) is 4.63. The van der Waals surface area contributed by atoms with Gasteiger partial charge in [0.1, 0.15) is 0 Å². The van der Waals surface area contributed by atoms with E-state index in [2.05, 4.69) is 10.4 Å². The predicted molar refractivity (Wildman–Crippen MR) is 84.9 cm³/mol. The number of nitrogens with one attached hydrogen (secondary N) is 1. The summed E-state index contributed by atoms with van der Waals surface area (Å²) in [6, 6.07) is 5.74. The van der Waals surface area contributed by atoms with Crippen LogP contribution in [-0.2, 0) is 6.18 Å². The first-order valence-electron chi connectivity index (χ1n) is 7.32. The largest absolute Gasteiger partial charge is 0.433 e. The molecule has 1 heterocycles. The van der Waals surface area contributed by atoms with Crippen LogP contribution in [0.1, 0.15) is 54.5 Å². The Morgan fingerprint density at radius 3 is 2.50 bits per heavy atom. The summed E-state index contributed by atoms with van der Waals surface area (Å²) in [5.74, 6) is -0.832. The van der Waals surface area contributed by atoms with E-state index in [4.69, 9.17) is 11.6 Å². The first-order valence-corrected chi connectivity index (χ1v) is 7.70. The molecule has 8 heteroatoms. The van der Waals surface area contributed by atoms with E-state index in [0.29, 0.717) is 10.6 Å². The Hall–Kier alpha value is -2.02. The fourth-order valence-electron chi connectivity index (χ4n) is 2.34. The van der Waals surface area contributed by atoms with Gasteiger partial charge in [-0.3, -0.25) is 9.48 Å². The van der Waals surface area contributed by atoms with Crippen molar-refractivity contribution in [3.05, 3.63) is 52.3 Å². The van der Waals surface area contributed by atoms with Crippen LogP contribution in [-0.4, -0.2) is 15.7 Å². The standard InChI is InChI=1S/C16H17ClF3N3O/c1-9(2)23-14(16(18,19)20)13(8-21-23)15(24)22-10(3)11-5-4-6-12(17)7-11/h4-10H,1-3H3,(H,22,24). The minimum absolute atomic E-state index is 0.484. The van der Waals surface area contributed by atoms with Crippen LogP contribution in [0.3, 0.4) is 0 Å². The quantitative estimate of drug-likeness (QED) is 0.865. The second kappa shape index (κ2) is 6.84. The van der Waals surface area contributed by atoms with Crippen LogP contribution in [0, 0.1) is 0 Å². The number of alkyl halides is 3. The SMILES string of the molecule is CC(NC(=O)c1cnn(C(C)C)c1C(F)(F)F)c1cccc(Cl)c1. The molecule has 0 saturated heterocycles. The Morgan fingerprint density at radius 2 is 1.96 bits per heavy atom. The molecular formula is C16H17ClF3N3O. The summed E-state index contributed by atoms with van der Waals surface area (Å²) >= 11 is 5.89. The van der Waals surface area contributed by atoms with Crippen LogP contribution in [0.15, 0.2) is 30.5 Å². The molecule has 0 radical (unpaired) electrons. The molecule has 0 saturated carbocycles. The van der Waals surface area contributed by atoms with E-state index in [9.17, 15) is 18.0 Å². The number of benzene rings is 1. The van der Waals surface area contributed by atoms with Crippen molar-refractivity contribution in [1.82, 2.24) is 15.1 Å². The normalized spacial score (nSPS) is 13.2. The summed E-state index contributed by atoms with van der Waals surface area (Å²) < 4.78 is 40.8. The van der Waals surface area contributed by atoms with Gasteiger partial charge in [-0.05, 0) is 38.5 Å². The number of carbonyl (C=O) groups is 1. The Labute approximate surface area is 142 Å². The van der Waals surface area contributed by atoms with Gasteiger partial charge in [-0.1, -0.05) is 23.7 Å². The summed E-state index contributed by atoms with van der Waals surface area (Å²) in [7, 11) is 0. The highest BCUT2D eigenvalue weighted by molar-refractivity contribution is 6.30. The summed E-state index contributed by atoms with van der Waals surface area (Å²) in [5.41, 5.74) is -0.848. The summed E-state index contributed by atoms with van der Waals surface area (Å²) in [6.07, 6.45) is -3.73. The third-order valence-corrected chi connectivity index (χ3v) is 3.73. The number of amides is 1. The molecule has 1 amide bonds. The molecule has 1 unspecified atom stereocenters. The van der Waals surface area contributed by atoms with Crippen molar-refractivity contribution < 1.29 is 18.0 Å². The van der Waals surface area contributed by atoms with E-state index in [0.717, 1.165) is 10.9 Å². The zero-order valence-corrected chi connectivity index (χ0v) is 14.1. The van der Waals surface area contributed by atoms with E-state index >= 15 is 0 Å². The second-order valence-electron chi connectivity index (χ2n) is 5.69. The summed E-state index contributed by atoms with van der Waals surface area (Å²) in [5, 5.41) is 6.75. The minimum Gasteiger partial charge on any atom is -0.345 e. The van der Waals surface area contributed by atoms with Crippen LogP contribution in [0.4, 0.5) is 13.2 Å². The number of carbonyl (C=O) groups excluding carboxylic acids is 1. The van der Waals surface area contributed by atoms with Gasteiger partial charge < -0.3 is 5.32 Å². The molecule has 2 rings (SSSR count). The number of hydrogen-bond donors (Lipinski definition) is 1. The number of aromatic nitrogens is 2. The Morgan fingerprint density at radius 1 is 1.29 bits per heavy atom. The van der Waals surface area contributed by atoms with Gasteiger partial charge in [0.15, 0.2) is 5.69 Å². The molecule has 1 aromatic carbocycles. The van der Waals surface area contributed by atoms with Crippen molar-refractivity contribution in [3.8, 4) is 0 Å². The molecule has 0 fully saturated rings. The Kier molecular flexibility index (Phi) is 5.22. The fourth-order valence-corrected chi connectivity index (χ4v) is 2.53. The van der Waals surface area contributed by atoms with E-state index < -0.39 is 35.4 Å². The molecule has 2 aromatic rings. The third-order valence-electron chi connectivity index (χ3n) is 3.49. The second-order valence-corrected chi connectivity index (χ2v) is 6.13. The third kappa shape index (κ3) is 3.90. The number of rotatable bonds is 4. The molecule has 0 aliphatic heterocycles. The molecule has 1 atom stereocenters. The average molecular weight is 360 g/mol. The lowest BCUT2D eigenvalue weighted by molar-refractivity contribution is -0.145. The summed E-state index contributed by atoms with van der Waals surface area (Å²) in [4.78, 5) is 12.3. The minimum atomic E-state index is -4.67. The van der Waals surface area contributed by atoms with Crippen molar-refractivity contribution >= 4 is 17.5 Å². The maximum atomic E-state index is 13.3.